The minimum Gasteiger partial charge on any atom is -0.484 e. The maximum atomic E-state index is 12.8. The maximum absolute atomic E-state index is 12.8. The van der Waals surface area contributed by atoms with E-state index in [0.717, 1.165) is 11.1 Å². The predicted molar refractivity (Wildman–Crippen MR) is 106 cm³/mol. The van der Waals surface area contributed by atoms with Crippen LogP contribution in [-0.2, 0) is 17.9 Å². The van der Waals surface area contributed by atoms with E-state index in [1.807, 2.05) is 31.2 Å². The van der Waals surface area contributed by atoms with Crippen molar-refractivity contribution >= 4 is 29.1 Å². The zero-order chi connectivity index (χ0) is 19.2. The van der Waals surface area contributed by atoms with E-state index in [1.165, 1.54) is 0 Å². The second-order valence-electron chi connectivity index (χ2n) is 6.16. The van der Waals surface area contributed by atoms with Gasteiger partial charge in [-0.15, -0.1) is 0 Å². The molecule has 0 N–H and O–H groups in total. The molecule has 6 heteroatoms. The molecule has 27 heavy (non-hydrogen) atoms. The lowest BCUT2D eigenvalue weighted by Crippen LogP contribution is -2.34. The Bertz CT molecular complexity index is 892. The van der Waals surface area contributed by atoms with Crippen LogP contribution in [0.4, 0.5) is 0 Å². The van der Waals surface area contributed by atoms with Crippen molar-refractivity contribution in [3.05, 3.63) is 87.8 Å². The summed E-state index contributed by atoms with van der Waals surface area (Å²) in [7, 11) is 0. The van der Waals surface area contributed by atoms with Crippen LogP contribution in [0.2, 0.25) is 10.0 Å². The van der Waals surface area contributed by atoms with Crippen molar-refractivity contribution in [1.29, 1.82) is 0 Å². The Morgan fingerprint density at radius 2 is 1.85 bits per heavy atom. The lowest BCUT2D eigenvalue weighted by atomic mass is 10.2. The molecule has 0 unspecified atom stereocenters. The van der Waals surface area contributed by atoms with Crippen molar-refractivity contribution in [2.24, 2.45) is 0 Å². The molecule has 140 valence electrons. The molecule has 1 aromatic heterocycles. The summed E-state index contributed by atoms with van der Waals surface area (Å²) >= 11 is 12.0. The van der Waals surface area contributed by atoms with Crippen LogP contribution in [0.1, 0.15) is 16.9 Å². The Morgan fingerprint density at radius 1 is 1.07 bits per heavy atom. The van der Waals surface area contributed by atoms with Gasteiger partial charge in [-0.25, -0.2) is 0 Å². The molecule has 3 rings (SSSR count). The number of hydrogen-bond acceptors (Lipinski definition) is 3. The standard InChI is InChI=1S/C21H19Cl2NO3/c1-15-11-18(8-9-20(15)23)27-14-21(25)24(13-19-3-2-10-26-19)12-16-4-6-17(22)7-5-16/h2-11H,12-14H2,1H3. The average Bonchev–Trinajstić information content (AvgIpc) is 3.17. The van der Waals surface area contributed by atoms with Gasteiger partial charge in [-0.2, -0.15) is 0 Å². The molecule has 2 aromatic carbocycles. The molecule has 0 atom stereocenters. The molecular weight excluding hydrogens is 385 g/mol. The van der Waals surface area contributed by atoms with Gasteiger partial charge in [0.25, 0.3) is 5.91 Å². The van der Waals surface area contributed by atoms with Crippen LogP contribution in [0.3, 0.4) is 0 Å². The molecule has 0 saturated heterocycles. The lowest BCUT2D eigenvalue weighted by molar-refractivity contribution is -0.134. The third kappa shape index (κ3) is 5.52. The highest BCUT2D eigenvalue weighted by atomic mass is 35.5. The molecule has 0 fully saturated rings. The molecule has 0 aliphatic carbocycles. The van der Waals surface area contributed by atoms with E-state index in [2.05, 4.69) is 0 Å². The zero-order valence-corrected chi connectivity index (χ0v) is 16.3. The lowest BCUT2D eigenvalue weighted by Gasteiger charge is -2.22. The Hall–Kier alpha value is -2.43. The molecular formula is C21H19Cl2NO3. The number of nitrogens with zero attached hydrogens (tertiary/aromatic N) is 1. The van der Waals surface area contributed by atoms with Gasteiger partial charge >= 0.3 is 0 Å². The number of amides is 1. The second-order valence-corrected chi connectivity index (χ2v) is 7.00. The SMILES string of the molecule is Cc1cc(OCC(=O)N(Cc2ccc(Cl)cc2)Cc2ccco2)ccc1Cl. The summed E-state index contributed by atoms with van der Waals surface area (Å²) in [5, 5.41) is 1.32. The van der Waals surface area contributed by atoms with Crippen molar-refractivity contribution < 1.29 is 13.9 Å². The van der Waals surface area contributed by atoms with E-state index < -0.39 is 0 Å². The van der Waals surface area contributed by atoms with Crippen molar-refractivity contribution in [2.45, 2.75) is 20.0 Å². The fourth-order valence-corrected chi connectivity index (χ4v) is 2.82. The average molecular weight is 404 g/mol. The van der Waals surface area contributed by atoms with Gasteiger partial charge in [-0.1, -0.05) is 35.3 Å². The summed E-state index contributed by atoms with van der Waals surface area (Å²) in [6, 6.07) is 16.4. The van der Waals surface area contributed by atoms with E-state index in [9.17, 15) is 4.79 Å². The topological polar surface area (TPSA) is 42.7 Å². The number of benzene rings is 2. The largest absolute Gasteiger partial charge is 0.484 e. The van der Waals surface area contributed by atoms with Gasteiger partial charge in [0.1, 0.15) is 11.5 Å². The van der Waals surface area contributed by atoms with Crippen LogP contribution in [0.15, 0.2) is 65.3 Å². The normalized spacial score (nSPS) is 10.6. The molecule has 0 aliphatic heterocycles. The van der Waals surface area contributed by atoms with Crippen molar-refractivity contribution in [2.75, 3.05) is 6.61 Å². The predicted octanol–water partition coefficient (Wildman–Crippen LogP) is 5.50. The van der Waals surface area contributed by atoms with E-state index in [4.69, 9.17) is 32.4 Å². The van der Waals surface area contributed by atoms with Gasteiger partial charge in [0.15, 0.2) is 6.61 Å². The summed E-state index contributed by atoms with van der Waals surface area (Å²) in [4.78, 5) is 14.5. The number of aryl methyl sites for hydroxylation is 1. The molecule has 0 spiro atoms. The number of halogens is 2. The van der Waals surface area contributed by atoms with Crippen LogP contribution in [0.5, 0.6) is 5.75 Å². The second kappa shape index (κ2) is 8.98. The Morgan fingerprint density at radius 3 is 2.52 bits per heavy atom. The molecule has 0 saturated carbocycles. The Balaban J connectivity index is 1.69. The van der Waals surface area contributed by atoms with Crippen molar-refractivity contribution in [3.8, 4) is 5.75 Å². The third-order valence-corrected chi connectivity index (χ3v) is 4.73. The summed E-state index contributed by atoms with van der Waals surface area (Å²) in [6.45, 7) is 2.60. The van der Waals surface area contributed by atoms with Gasteiger partial charge in [0, 0.05) is 16.6 Å². The summed E-state index contributed by atoms with van der Waals surface area (Å²) < 4.78 is 11.1. The molecule has 0 aliphatic rings. The first-order chi connectivity index (χ1) is 13.0. The number of ether oxygens (including phenoxy) is 1. The first kappa shape index (κ1) is 19.3. The number of carbonyl (C=O) groups excluding carboxylic acids is 1. The smallest absolute Gasteiger partial charge is 0.261 e. The highest BCUT2D eigenvalue weighted by molar-refractivity contribution is 6.31. The number of furan rings is 1. The van der Waals surface area contributed by atoms with E-state index >= 15 is 0 Å². The minimum atomic E-state index is -0.144. The van der Waals surface area contributed by atoms with E-state index in [1.54, 1.807) is 41.5 Å². The van der Waals surface area contributed by atoms with Crippen LogP contribution in [0, 0.1) is 6.92 Å². The van der Waals surface area contributed by atoms with Gasteiger partial charge in [-0.05, 0) is 60.5 Å². The minimum absolute atomic E-state index is 0.0740. The van der Waals surface area contributed by atoms with Gasteiger partial charge < -0.3 is 14.1 Å². The van der Waals surface area contributed by atoms with Gasteiger partial charge in [0.2, 0.25) is 0 Å². The Labute approximate surface area is 168 Å². The summed E-state index contributed by atoms with van der Waals surface area (Å²) in [6.07, 6.45) is 1.59. The highest BCUT2D eigenvalue weighted by Crippen LogP contribution is 2.21. The van der Waals surface area contributed by atoms with Crippen LogP contribution in [-0.4, -0.2) is 17.4 Å². The molecule has 4 nitrogen and oxygen atoms in total. The summed E-state index contributed by atoms with van der Waals surface area (Å²) in [5.41, 5.74) is 1.87. The van der Waals surface area contributed by atoms with Crippen LogP contribution in [0.25, 0.3) is 0 Å². The van der Waals surface area contributed by atoms with Crippen molar-refractivity contribution in [1.82, 2.24) is 4.90 Å². The van der Waals surface area contributed by atoms with E-state index in [0.29, 0.717) is 34.6 Å². The fraction of sp³-hybridized carbons (Fsp3) is 0.190. The number of hydrogen-bond donors (Lipinski definition) is 0. The zero-order valence-electron chi connectivity index (χ0n) is 14.8. The van der Waals surface area contributed by atoms with Crippen molar-refractivity contribution in [3.63, 3.8) is 0 Å². The molecule has 0 radical (unpaired) electrons. The first-order valence-corrected chi connectivity index (χ1v) is 9.20. The molecule has 0 bridgehead atoms. The number of carbonyl (C=O) groups is 1. The molecule has 3 aromatic rings. The molecule has 1 amide bonds. The highest BCUT2D eigenvalue weighted by Gasteiger charge is 2.17. The maximum Gasteiger partial charge on any atom is 0.261 e. The summed E-state index contributed by atoms with van der Waals surface area (Å²) in [5.74, 6) is 1.17. The quantitative estimate of drug-likeness (QED) is 0.522. The third-order valence-electron chi connectivity index (χ3n) is 4.06. The van der Waals surface area contributed by atoms with Gasteiger partial charge in [0.05, 0.1) is 12.8 Å². The first-order valence-electron chi connectivity index (χ1n) is 8.45. The number of rotatable bonds is 7. The molecule has 1 heterocycles. The van der Waals surface area contributed by atoms with E-state index in [-0.39, 0.29) is 12.5 Å². The fourth-order valence-electron chi connectivity index (χ4n) is 2.58. The van der Waals surface area contributed by atoms with Crippen LogP contribution < -0.4 is 4.74 Å². The Kier molecular flexibility index (Phi) is 6.43. The van der Waals surface area contributed by atoms with Gasteiger partial charge in [-0.3, -0.25) is 4.79 Å². The van der Waals surface area contributed by atoms with Crippen LogP contribution >= 0.6 is 23.2 Å². The monoisotopic (exact) mass is 403 g/mol.